The van der Waals surface area contributed by atoms with Gasteiger partial charge in [-0.15, -0.1) is 0 Å². The number of hydrogen-bond acceptors (Lipinski definition) is 7. The summed E-state index contributed by atoms with van der Waals surface area (Å²) in [7, 11) is -4.82. The number of rotatable bonds is 5. The van der Waals surface area contributed by atoms with Crippen LogP contribution in [0.15, 0.2) is 49.6 Å². The van der Waals surface area contributed by atoms with E-state index in [9.17, 15) is 14.0 Å². The first-order valence-electron chi connectivity index (χ1n) is 7.03. The number of hydrogen-bond donors (Lipinski definition) is 0. The predicted molar refractivity (Wildman–Crippen MR) is 71.3 cm³/mol. The van der Waals surface area contributed by atoms with E-state index in [0.29, 0.717) is 17.3 Å². The van der Waals surface area contributed by atoms with E-state index in [-0.39, 0.29) is 17.3 Å². The van der Waals surface area contributed by atoms with Crippen LogP contribution in [0.1, 0.15) is 34.6 Å². The molecule has 0 aromatic carbocycles. The minimum atomic E-state index is -4.82. The molecule has 0 saturated carbocycles. The Morgan fingerprint density at radius 3 is 1.25 bits per heavy atom. The van der Waals surface area contributed by atoms with Crippen molar-refractivity contribution in [1.82, 2.24) is 0 Å². The van der Waals surface area contributed by atoms with Crippen LogP contribution in [0.2, 0.25) is 0 Å². The third-order valence-corrected chi connectivity index (χ3v) is 3.89. The van der Waals surface area contributed by atoms with Crippen molar-refractivity contribution in [3.63, 3.8) is 0 Å². The van der Waals surface area contributed by atoms with Crippen molar-refractivity contribution in [2.24, 2.45) is 0 Å². The van der Waals surface area contributed by atoms with Crippen LogP contribution in [-0.2, 0) is 9.89 Å². The molecule has 0 bridgehead atoms. The Bertz CT molecular complexity index is 738. The zero-order valence-corrected chi connectivity index (χ0v) is 14.0. The molecule has 0 aliphatic carbocycles. The van der Waals surface area contributed by atoms with Crippen molar-refractivity contribution in [2.75, 3.05) is 0 Å². The lowest BCUT2D eigenvalue weighted by molar-refractivity contribution is -1.92. The summed E-state index contributed by atoms with van der Waals surface area (Å²) in [5.41, 5.74) is -1.99. The quantitative estimate of drug-likeness (QED) is 0.658. The van der Waals surface area contributed by atoms with Crippen molar-refractivity contribution >= 4 is 0 Å². The summed E-state index contributed by atoms with van der Waals surface area (Å²) >= 11 is 0. The summed E-state index contributed by atoms with van der Waals surface area (Å²) in [6.07, 6.45) is 0. The molecule has 8 heteroatoms. The van der Waals surface area contributed by atoms with E-state index in [0.717, 1.165) is 0 Å². The molecular weight excluding hydrogens is 340 g/mol. The van der Waals surface area contributed by atoms with Crippen molar-refractivity contribution < 1.29 is 41.8 Å². The van der Waals surface area contributed by atoms with E-state index in [1.54, 1.807) is 39.0 Å². The average molecular weight is 355 g/mol. The van der Waals surface area contributed by atoms with Gasteiger partial charge in [-0.25, -0.2) is 0 Å². The zero-order chi connectivity index (χ0) is 17.5. The number of halogens is 1. The van der Waals surface area contributed by atoms with Gasteiger partial charge in [0.2, 0.25) is 0 Å². The first kappa shape index (κ1) is 16.8. The highest BCUT2D eigenvalue weighted by Gasteiger charge is 2.59. The molecule has 7 nitrogen and oxygen atoms in total. The topological polar surface area (TPSA) is 118 Å². The molecule has 3 rings (SSSR count). The first-order chi connectivity index (χ1) is 11.2. The monoisotopic (exact) mass is 354 g/mol. The molecule has 24 heavy (non-hydrogen) atoms. The van der Waals surface area contributed by atoms with Gasteiger partial charge in [0.05, 0.1) is 14.5 Å². The van der Waals surface area contributed by atoms with E-state index in [1.807, 2.05) is 0 Å². The molecule has 0 aliphatic heterocycles. The lowest BCUT2D eigenvalue weighted by Gasteiger charge is -2.25. The zero-order valence-electron chi connectivity index (χ0n) is 13.2. The second kappa shape index (κ2) is 5.80. The maximum atomic E-state index is 11.5. The van der Waals surface area contributed by atoms with Crippen molar-refractivity contribution in [3.8, 4) is 0 Å². The Kier molecular flexibility index (Phi) is 4.06. The fraction of sp³-hybridized carbons (Fsp3) is 0.250. The van der Waals surface area contributed by atoms with Crippen LogP contribution in [-0.4, -0.2) is 0 Å². The second-order valence-corrected chi connectivity index (χ2v) is 6.28. The maximum absolute atomic E-state index is 11.5. The van der Waals surface area contributed by atoms with Crippen molar-refractivity contribution in [2.45, 2.75) is 26.4 Å². The fourth-order valence-corrected chi connectivity index (χ4v) is 3.00. The molecule has 0 amide bonds. The second-order valence-electron chi connectivity index (χ2n) is 5.37. The summed E-state index contributed by atoms with van der Waals surface area (Å²) in [5.74, 6) is 1.67. The summed E-state index contributed by atoms with van der Waals surface area (Å²) < 4.78 is 56.0. The molecule has 3 aromatic heterocycles. The molecule has 0 N–H and O–H groups in total. The maximum Gasteiger partial charge on any atom is 0.392 e. The summed E-state index contributed by atoms with van der Waals surface area (Å²) in [4.78, 5) is 0. The van der Waals surface area contributed by atoms with Gasteiger partial charge in [-0.2, -0.15) is 14.0 Å². The van der Waals surface area contributed by atoms with Crippen LogP contribution in [0.25, 0.3) is 0 Å². The largest absolute Gasteiger partial charge is 0.462 e. The first-order valence-corrected chi connectivity index (χ1v) is 8.26. The molecule has 128 valence electrons. The van der Waals surface area contributed by atoms with Gasteiger partial charge in [-0.05, 0) is 57.2 Å². The Morgan fingerprint density at radius 1 is 0.708 bits per heavy atom. The molecule has 3 heterocycles. The van der Waals surface area contributed by atoms with E-state index in [4.69, 9.17) is 17.5 Å². The Hall–Kier alpha value is -2.03. The molecule has 3 aromatic rings. The molecule has 0 spiro atoms. The van der Waals surface area contributed by atoms with Gasteiger partial charge in [0.25, 0.3) is 0 Å². The molecule has 0 radical (unpaired) electrons. The SMILES string of the molecule is Cc1ccc(C(O[Cl+3]([O-])([O-])[O-])(c2ccc(C)o2)c2ccc(C)o2)o1. The third kappa shape index (κ3) is 3.00. The van der Waals surface area contributed by atoms with Crippen LogP contribution in [0, 0.1) is 31.0 Å². The van der Waals surface area contributed by atoms with Gasteiger partial charge in [-0.1, -0.05) is 0 Å². The van der Waals surface area contributed by atoms with E-state index in [2.05, 4.69) is 0 Å². The van der Waals surface area contributed by atoms with Crippen LogP contribution in [0.5, 0.6) is 0 Å². The summed E-state index contributed by atoms with van der Waals surface area (Å²) in [6, 6.07) is 9.37. The van der Waals surface area contributed by atoms with Crippen LogP contribution in [0.4, 0.5) is 0 Å². The molecular formula is C16H15ClO7. The van der Waals surface area contributed by atoms with E-state index < -0.39 is 15.8 Å². The lowest BCUT2D eigenvalue weighted by atomic mass is 9.94. The molecule has 0 fully saturated rings. The van der Waals surface area contributed by atoms with Crippen LogP contribution in [0.3, 0.4) is 0 Å². The highest BCUT2D eigenvalue weighted by molar-refractivity contribution is 5.37. The smallest absolute Gasteiger partial charge is 0.392 e. The van der Waals surface area contributed by atoms with E-state index in [1.165, 1.54) is 18.2 Å². The van der Waals surface area contributed by atoms with Crippen molar-refractivity contribution in [1.29, 1.82) is 0 Å². The molecule has 0 atom stereocenters. The van der Waals surface area contributed by atoms with Crippen LogP contribution < -0.4 is 14.0 Å². The van der Waals surface area contributed by atoms with Gasteiger partial charge in [0, 0.05) is 0 Å². The van der Waals surface area contributed by atoms with Gasteiger partial charge < -0.3 is 13.3 Å². The Labute approximate surface area is 139 Å². The average Bonchev–Trinajstić information content (AvgIpc) is 3.17. The Morgan fingerprint density at radius 2 is 1.04 bits per heavy atom. The summed E-state index contributed by atoms with van der Waals surface area (Å²) in [6.45, 7) is 5.04. The minimum absolute atomic E-state index is 0.0515. The highest BCUT2D eigenvalue weighted by Crippen LogP contribution is 2.43. The predicted octanol–water partition coefficient (Wildman–Crippen LogP) is 0.597. The van der Waals surface area contributed by atoms with Gasteiger partial charge >= 0.3 is 5.60 Å². The highest BCUT2D eigenvalue weighted by atomic mass is 35.7. The third-order valence-electron chi connectivity index (χ3n) is 3.47. The van der Waals surface area contributed by atoms with E-state index >= 15 is 0 Å². The van der Waals surface area contributed by atoms with Crippen molar-refractivity contribution in [3.05, 3.63) is 71.0 Å². The minimum Gasteiger partial charge on any atom is -0.462 e. The van der Waals surface area contributed by atoms with Gasteiger partial charge in [0.15, 0.2) is 17.3 Å². The normalized spacial score (nSPS) is 12.8. The lowest BCUT2D eigenvalue weighted by Crippen LogP contribution is -2.64. The molecule has 0 saturated heterocycles. The van der Waals surface area contributed by atoms with Gasteiger partial charge in [-0.3, -0.25) is 0 Å². The standard InChI is InChI=1S/C16H15ClO7/c1-10-4-7-13(21-10)16(24-17(18,19)20,14-8-5-11(2)22-14)15-9-6-12(3)23-15/h4-9H,1-3H3. The number of furan rings is 3. The number of aryl methyl sites for hydroxylation is 3. The Balaban J connectivity index is 2.31. The molecule has 0 unspecified atom stereocenters. The summed E-state index contributed by atoms with van der Waals surface area (Å²) in [5, 5.41) is 0. The van der Waals surface area contributed by atoms with Crippen LogP contribution >= 0.6 is 0 Å². The fourth-order valence-electron chi connectivity index (χ4n) is 2.49. The van der Waals surface area contributed by atoms with Gasteiger partial charge in [0.1, 0.15) is 17.3 Å². The molecule has 0 aliphatic rings.